The van der Waals surface area contributed by atoms with Crippen molar-refractivity contribution in [3.63, 3.8) is 0 Å². The van der Waals surface area contributed by atoms with Crippen LogP contribution in [0.25, 0.3) is 0 Å². The van der Waals surface area contributed by atoms with Crippen molar-refractivity contribution in [3.8, 4) is 0 Å². The molecular formula is C28H44N2O4. The van der Waals surface area contributed by atoms with Gasteiger partial charge >= 0.3 is 5.97 Å². The molecule has 0 bridgehead atoms. The van der Waals surface area contributed by atoms with Crippen LogP contribution in [0, 0.1) is 11.8 Å². The van der Waals surface area contributed by atoms with Crippen molar-refractivity contribution in [3.05, 3.63) is 47.5 Å². The van der Waals surface area contributed by atoms with Gasteiger partial charge in [0.1, 0.15) is 23.7 Å². The summed E-state index contributed by atoms with van der Waals surface area (Å²) in [6.07, 6.45) is 13.3. The maximum absolute atomic E-state index is 12.8. The van der Waals surface area contributed by atoms with Gasteiger partial charge in [-0.2, -0.15) is 0 Å². The Hall–Kier alpha value is -2.34. The van der Waals surface area contributed by atoms with Gasteiger partial charge in [-0.25, -0.2) is 4.79 Å². The fourth-order valence-electron chi connectivity index (χ4n) is 4.95. The van der Waals surface area contributed by atoms with Gasteiger partial charge < -0.3 is 20.1 Å². The number of esters is 1. The quantitative estimate of drug-likeness (QED) is 0.135. The van der Waals surface area contributed by atoms with Crippen LogP contribution in [0.1, 0.15) is 79.6 Å². The van der Waals surface area contributed by atoms with E-state index >= 15 is 0 Å². The van der Waals surface area contributed by atoms with Gasteiger partial charge in [0.15, 0.2) is 0 Å². The van der Waals surface area contributed by atoms with Crippen molar-refractivity contribution in [2.75, 3.05) is 13.6 Å². The lowest BCUT2D eigenvalue weighted by atomic mass is 9.62. The zero-order chi connectivity index (χ0) is 25.5. The summed E-state index contributed by atoms with van der Waals surface area (Å²) >= 11 is 0. The topological polar surface area (TPSA) is 81.9 Å². The predicted octanol–water partition coefficient (Wildman–Crippen LogP) is 5.41. The predicted molar refractivity (Wildman–Crippen MR) is 137 cm³/mol. The molecule has 0 radical (unpaired) electrons. The van der Waals surface area contributed by atoms with Gasteiger partial charge in [0.2, 0.25) is 6.41 Å². The van der Waals surface area contributed by atoms with Crippen LogP contribution in [-0.2, 0) is 19.1 Å². The highest BCUT2D eigenvalue weighted by atomic mass is 16.5. The molecular weight excluding hydrogens is 428 g/mol. The maximum Gasteiger partial charge on any atom is 0.331 e. The minimum atomic E-state index is -0.641. The van der Waals surface area contributed by atoms with E-state index in [1.807, 2.05) is 32.9 Å². The third kappa shape index (κ3) is 6.21. The van der Waals surface area contributed by atoms with Crippen molar-refractivity contribution >= 4 is 12.4 Å². The number of allylic oxidation sites excluding steroid dienone is 5. The van der Waals surface area contributed by atoms with E-state index in [0.29, 0.717) is 18.6 Å². The van der Waals surface area contributed by atoms with E-state index in [-0.39, 0.29) is 18.4 Å². The summed E-state index contributed by atoms with van der Waals surface area (Å²) < 4.78 is 12.5. The Morgan fingerprint density at radius 2 is 2.09 bits per heavy atom. The summed E-state index contributed by atoms with van der Waals surface area (Å²) in [7, 11) is 1.55. The van der Waals surface area contributed by atoms with Crippen LogP contribution in [0.15, 0.2) is 47.5 Å². The first-order chi connectivity index (χ1) is 16.0. The van der Waals surface area contributed by atoms with Crippen molar-refractivity contribution in [2.45, 2.75) is 90.7 Å². The molecule has 0 saturated carbocycles. The van der Waals surface area contributed by atoms with Crippen molar-refractivity contribution in [1.29, 1.82) is 0 Å². The normalized spacial score (nSPS) is 25.0. The number of likely N-dealkylation sites (N-methyl/N-ethyl adjacent to an activating group) is 1. The molecule has 0 fully saturated rings. The number of unbranched alkanes of at least 4 members (excludes halogenated alkanes) is 2. The van der Waals surface area contributed by atoms with Gasteiger partial charge in [-0.05, 0) is 52.0 Å². The van der Waals surface area contributed by atoms with Crippen LogP contribution < -0.4 is 5.73 Å². The Morgan fingerprint density at radius 3 is 2.68 bits per heavy atom. The molecule has 2 N–H and O–H groups in total. The average molecular weight is 473 g/mol. The first-order valence-electron chi connectivity index (χ1n) is 12.6. The van der Waals surface area contributed by atoms with E-state index < -0.39 is 17.1 Å². The van der Waals surface area contributed by atoms with E-state index in [4.69, 9.17) is 15.2 Å². The molecule has 0 aromatic heterocycles. The van der Waals surface area contributed by atoms with Crippen molar-refractivity contribution < 1.29 is 19.1 Å². The van der Waals surface area contributed by atoms with Gasteiger partial charge in [-0.1, -0.05) is 50.8 Å². The maximum atomic E-state index is 12.8. The second kappa shape index (κ2) is 11.9. The molecule has 0 aromatic rings. The summed E-state index contributed by atoms with van der Waals surface area (Å²) in [6, 6.07) is 0. The zero-order valence-corrected chi connectivity index (χ0v) is 22.0. The lowest BCUT2D eigenvalue weighted by Crippen LogP contribution is -2.66. The lowest BCUT2D eigenvalue weighted by molar-refractivity contribution is -0.142. The standard InChI is InChI=1S/C28H44N2O4/c1-8-11-12-13-21(9-2)17-24(33-25(32)18-30(7)19-31)26-22-16-20(4)14-15-28(22,29)27(5,6)34-23(26)10-3/h9,16-17,19,21-22H,2,8,10-15,18,29H2,1,3-7H3/b24-17+/t21?,22-,28?/m0/s1. The minimum Gasteiger partial charge on any atom is -0.490 e. The number of amides is 1. The van der Waals surface area contributed by atoms with Crippen LogP contribution in [0.3, 0.4) is 0 Å². The first kappa shape index (κ1) is 27.9. The summed E-state index contributed by atoms with van der Waals surface area (Å²) in [5.74, 6) is 0.664. The smallest absolute Gasteiger partial charge is 0.331 e. The molecule has 190 valence electrons. The van der Waals surface area contributed by atoms with E-state index in [9.17, 15) is 9.59 Å². The number of nitrogens with zero attached hydrogens (tertiary/aromatic N) is 1. The van der Waals surface area contributed by atoms with Crippen molar-refractivity contribution in [1.82, 2.24) is 4.90 Å². The molecule has 1 heterocycles. The monoisotopic (exact) mass is 472 g/mol. The molecule has 6 heteroatoms. The Labute approximate surface area is 205 Å². The van der Waals surface area contributed by atoms with Crippen LogP contribution in [0.4, 0.5) is 0 Å². The summed E-state index contributed by atoms with van der Waals surface area (Å²) in [5.41, 5.74) is 7.99. The summed E-state index contributed by atoms with van der Waals surface area (Å²) in [6.45, 7) is 14.3. The molecule has 34 heavy (non-hydrogen) atoms. The number of ether oxygens (including phenoxy) is 2. The zero-order valence-electron chi connectivity index (χ0n) is 22.0. The van der Waals surface area contributed by atoms with E-state index in [0.717, 1.165) is 49.9 Å². The highest BCUT2D eigenvalue weighted by molar-refractivity contribution is 5.75. The Kier molecular flexibility index (Phi) is 9.74. The molecule has 1 amide bonds. The molecule has 2 rings (SSSR count). The van der Waals surface area contributed by atoms with Crippen LogP contribution in [0.2, 0.25) is 0 Å². The van der Waals surface area contributed by atoms with Gasteiger partial charge in [-0.15, -0.1) is 6.58 Å². The largest absolute Gasteiger partial charge is 0.490 e. The molecule has 1 aliphatic heterocycles. The highest BCUT2D eigenvalue weighted by Gasteiger charge is 2.55. The highest BCUT2D eigenvalue weighted by Crippen LogP contribution is 2.51. The van der Waals surface area contributed by atoms with Crippen LogP contribution in [0.5, 0.6) is 0 Å². The lowest BCUT2D eigenvalue weighted by Gasteiger charge is -2.54. The molecule has 0 aromatic carbocycles. The number of fused-ring (bicyclic) bond motifs is 1. The van der Waals surface area contributed by atoms with E-state index in [1.165, 1.54) is 10.5 Å². The number of nitrogens with two attached hydrogens (primary N) is 1. The molecule has 6 nitrogen and oxygen atoms in total. The fourth-order valence-corrected chi connectivity index (χ4v) is 4.95. The van der Waals surface area contributed by atoms with Crippen molar-refractivity contribution in [2.24, 2.45) is 17.6 Å². The van der Waals surface area contributed by atoms with Gasteiger partial charge in [0, 0.05) is 25.0 Å². The van der Waals surface area contributed by atoms with E-state index in [1.54, 1.807) is 7.05 Å². The molecule has 2 unspecified atom stereocenters. The van der Waals surface area contributed by atoms with Gasteiger partial charge in [0.05, 0.1) is 5.54 Å². The fraction of sp³-hybridized carbons (Fsp3) is 0.643. The second-order valence-corrected chi connectivity index (χ2v) is 10.3. The minimum absolute atomic E-state index is 0.0412. The SMILES string of the molecule is C=CC(/C=C(/OC(=O)CN(C)C=O)C1=C(CC)OC(C)(C)C2(N)CCC(C)=C[C@@H]12)CCCCC. The van der Waals surface area contributed by atoms with Gasteiger partial charge in [0.25, 0.3) is 0 Å². The molecule has 3 atom stereocenters. The summed E-state index contributed by atoms with van der Waals surface area (Å²) in [4.78, 5) is 25.2. The molecule has 0 spiro atoms. The summed E-state index contributed by atoms with van der Waals surface area (Å²) in [5, 5.41) is 0. The number of carbonyl (C=O) groups excluding carboxylic acids is 2. The molecule has 1 aliphatic carbocycles. The average Bonchev–Trinajstić information content (AvgIpc) is 2.78. The van der Waals surface area contributed by atoms with E-state index in [2.05, 4.69) is 26.5 Å². The molecule has 0 saturated heterocycles. The number of hydrogen-bond acceptors (Lipinski definition) is 5. The number of hydrogen-bond donors (Lipinski definition) is 1. The van der Waals surface area contributed by atoms with Crippen LogP contribution in [-0.4, -0.2) is 42.0 Å². The molecule has 2 aliphatic rings. The first-order valence-corrected chi connectivity index (χ1v) is 12.6. The Bertz CT molecular complexity index is 854. The van der Waals surface area contributed by atoms with Gasteiger partial charge in [-0.3, -0.25) is 4.79 Å². The third-order valence-electron chi connectivity index (χ3n) is 7.23. The Morgan fingerprint density at radius 1 is 1.38 bits per heavy atom. The van der Waals surface area contributed by atoms with Crippen LogP contribution >= 0.6 is 0 Å². The second-order valence-electron chi connectivity index (χ2n) is 10.3. The number of rotatable bonds is 12. The Balaban J connectivity index is 2.62. The third-order valence-corrected chi connectivity index (χ3v) is 7.23. The number of carbonyl (C=O) groups is 2.